The minimum Gasteiger partial charge on any atom is -0.497 e. The van der Waals surface area contributed by atoms with E-state index in [2.05, 4.69) is 5.32 Å². The normalized spacial score (nSPS) is 13.0. The van der Waals surface area contributed by atoms with E-state index in [0.29, 0.717) is 17.7 Å². The van der Waals surface area contributed by atoms with Crippen molar-refractivity contribution in [2.75, 3.05) is 24.2 Å². The van der Waals surface area contributed by atoms with Gasteiger partial charge in [-0.05, 0) is 56.2 Å². The van der Waals surface area contributed by atoms with Crippen molar-refractivity contribution in [2.24, 2.45) is 0 Å². The fourth-order valence-electron chi connectivity index (χ4n) is 3.27. The molecule has 2 aromatic rings. The van der Waals surface area contributed by atoms with Crippen LogP contribution in [0.2, 0.25) is 5.02 Å². The van der Waals surface area contributed by atoms with Crippen LogP contribution in [-0.4, -0.2) is 57.1 Å². The first-order valence-corrected chi connectivity index (χ1v) is 13.3. The maximum Gasteiger partial charge on any atom is 0.244 e. The quantitative estimate of drug-likeness (QED) is 0.482. The molecule has 192 valence electrons. The van der Waals surface area contributed by atoms with Gasteiger partial charge in [0.15, 0.2) is 0 Å². The predicted octanol–water partition coefficient (Wildman–Crippen LogP) is 3.59. The Balaban J connectivity index is 2.42. The maximum absolute atomic E-state index is 13.7. The summed E-state index contributed by atoms with van der Waals surface area (Å²) in [5.41, 5.74) is 0.724. The van der Waals surface area contributed by atoms with E-state index < -0.39 is 34.3 Å². The number of rotatable bonds is 11. The molecule has 2 aromatic carbocycles. The van der Waals surface area contributed by atoms with Crippen molar-refractivity contribution in [3.05, 3.63) is 58.9 Å². The monoisotopic (exact) mass is 527 g/mol. The summed E-state index contributed by atoms with van der Waals surface area (Å²) < 4.78 is 44.8. The summed E-state index contributed by atoms with van der Waals surface area (Å²) >= 11 is 5.84. The van der Waals surface area contributed by atoms with Crippen LogP contribution in [0.1, 0.15) is 32.8 Å². The van der Waals surface area contributed by atoms with Gasteiger partial charge in [-0.1, -0.05) is 30.7 Å². The molecule has 0 unspecified atom stereocenters. The van der Waals surface area contributed by atoms with Gasteiger partial charge in [-0.15, -0.1) is 0 Å². The predicted molar refractivity (Wildman–Crippen MR) is 135 cm³/mol. The molecule has 0 radical (unpaired) electrons. The van der Waals surface area contributed by atoms with Crippen LogP contribution in [0.5, 0.6) is 5.75 Å². The van der Waals surface area contributed by atoms with Gasteiger partial charge in [-0.25, -0.2) is 12.8 Å². The molecule has 0 aliphatic rings. The SMILES string of the molecule is CC[C@@H](C)NC(=O)[C@H](C)N(Cc1cccc(OC)c1)C(=O)CN(c1ccc(F)c(Cl)c1)S(C)(=O)=O. The Hall–Kier alpha value is -2.85. The van der Waals surface area contributed by atoms with Gasteiger partial charge in [0.05, 0.1) is 24.1 Å². The number of ether oxygens (including phenoxy) is 1. The zero-order chi connectivity index (χ0) is 26.3. The van der Waals surface area contributed by atoms with Crippen molar-refractivity contribution in [1.82, 2.24) is 10.2 Å². The van der Waals surface area contributed by atoms with Crippen molar-refractivity contribution in [3.63, 3.8) is 0 Å². The van der Waals surface area contributed by atoms with Gasteiger partial charge in [0, 0.05) is 12.6 Å². The van der Waals surface area contributed by atoms with E-state index in [1.807, 2.05) is 13.8 Å². The number of carbonyl (C=O) groups is 2. The van der Waals surface area contributed by atoms with Gasteiger partial charge in [-0.3, -0.25) is 13.9 Å². The zero-order valence-electron chi connectivity index (χ0n) is 20.4. The average Bonchev–Trinajstić information content (AvgIpc) is 2.81. The smallest absolute Gasteiger partial charge is 0.244 e. The van der Waals surface area contributed by atoms with E-state index in [1.54, 1.807) is 31.2 Å². The second-order valence-corrected chi connectivity index (χ2v) is 10.5. The summed E-state index contributed by atoms with van der Waals surface area (Å²) in [6.07, 6.45) is 1.64. The van der Waals surface area contributed by atoms with E-state index in [4.69, 9.17) is 16.3 Å². The van der Waals surface area contributed by atoms with Crippen LogP contribution in [0.3, 0.4) is 0 Å². The fraction of sp³-hybridized carbons (Fsp3) is 0.417. The Bertz CT molecular complexity index is 1160. The van der Waals surface area contributed by atoms with Crippen LogP contribution in [-0.2, 0) is 26.2 Å². The third-order valence-corrected chi connectivity index (χ3v) is 6.96. The fourth-order valence-corrected chi connectivity index (χ4v) is 4.29. The number of hydrogen-bond acceptors (Lipinski definition) is 5. The second-order valence-electron chi connectivity index (χ2n) is 8.24. The molecule has 0 aliphatic heterocycles. The van der Waals surface area contributed by atoms with Crippen molar-refractivity contribution in [3.8, 4) is 5.75 Å². The van der Waals surface area contributed by atoms with Crippen LogP contribution in [0.15, 0.2) is 42.5 Å². The molecule has 0 saturated heterocycles. The van der Waals surface area contributed by atoms with Gasteiger partial charge in [-0.2, -0.15) is 0 Å². The van der Waals surface area contributed by atoms with E-state index in [0.717, 1.165) is 22.7 Å². The number of nitrogens with one attached hydrogen (secondary N) is 1. The van der Waals surface area contributed by atoms with Gasteiger partial charge >= 0.3 is 0 Å². The Morgan fingerprint density at radius 1 is 1.17 bits per heavy atom. The molecule has 0 fully saturated rings. The van der Waals surface area contributed by atoms with E-state index >= 15 is 0 Å². The van der Waals surface area contributed by atoms with Crippen molar-refractivity contribution >= 4 is 39.1 Å². The minimum atomic E-state index is -3.94. The number of sulfonamides is 1. The first-order valence-electron chi connectivity index (χ1n) is 11.0. The van der Waals surface area contributed by atoms with Crippen LogP contribution in [0.25, 0.3) is 0 Å². The topological polar surface area (TPSA) is 96.0 Å². The minimum absolute atomic E-state index is 0.0327. The number of amides is 2. The van der Waals surface area contributed by atoms with Crippen LogP contribution in [0, 0.1) is 5.82 Å². The Labute approximate surface area is 211 Å². The van der Waals surface area contributed by atoms with Crippen molar-refractivity contribution in [2.45, 2.75) is 45.8 Å². The van der Waals surface area contributed by atoms with Gasteiger partial charge in [0.25, 0.3) is 0 Å². The molecule has 0 saturated carbocycles. The third kappa shape index (κ3) is 7.83. The first kappa shape index (κ1) is 28.4. The molecule has 0 heterocycles. The Morgan fingerprint density at radius 3 is 2.43 bits per heavy atom. The number of nitrogens with zero attached hydrogens (tertiary/aromatic N) is 2. The van der Waals surface area contributed by atoms with Crippen molar-refractivity contribution in [1.29, 1.82) is 0 Å². The molecule has 2 amide bonds. The highest BCUT2D eigenvalue weighted by molar-refractivity contribution is 7.92. The van der Waals surface area contributed by atoms with Crippen LogP contribution in [0.4, 0.5) is 10.1 Å². The molecule has 1 N–H and O–H groups in total. The summed E-state index contributed by atoms with van der Waals surface area (Å²) in [6.45, 7) is 4.78. The molecule has 0 spiro atoms. The molecule has 0 aromatic heterocycles. The summed E-state index contributed by atoms with van der Waals surface area (Å²) in [6, 6.07) is 9.38. The van der Waals surface area contributed by atoms with E-state index in [9.17, 15) is 22.4 Å². The number of benzene rings is 2. The molecule has 2 atom stereocenters. The molecule has 11 heteroatoms. The first-order chi connectivity index (χ1) is 16.4. The summed E-state index contributed by atoms with van der Waals surface area (Å²) in [7, 11) is -2.43. The van der Waals surface area contributed by atoms with Gasteiger partial charge in [0.1, 0.15) is 24.2 Å². The highest BCUT2D eigenvalue weighted by Crippen LogP contribution is 2.25. The third-order valence-electron chi connectivity index (χ3n) is 5.53. The largest absolute Gasteiger partial charge is 0.497 e. The Kier molecular flexibility index (Phi) is 9.91. The lowest BCUT2D eigenvalue weighted by molar-refractivity contribution is -0.139. The Morgan fingerprint density at radius 2 is 1.86 bits per heavy atom. The molecular formula is C24H31ClFN3O5S. The molecule has 2 rings (SSSR count). The molecule has 0 aliphatic carbocycles. The molecule has 8 nitrogen and oxygen atoms in total. The van der Waals surface area contributed by atoms with Crippen LogP contribution < -0.4 is 14.4 Å². The maximum atomic E-state index is 13.7. The second kappa shape index (κ2) is 12.2. The van der Waals surface area contributed by atoms with Gasteiger partial charge < -0.3 is 15.0 Å². The van der Waals surface area contributed by atoms with Crippen LogP contribution >= 0.6 is 11.6 Å². The average molecular weight is 528 g/mol. The molecular weight excluding hydrogens is 497 g/mol. The lowest BCUT2D eigenvalue weighted by atomic mass is 10.1. The summed E-state index contributed by atoms with van der Waals surface area (Å²) in [5.74, 6) is -1.13. The van der Waals surface area contributed by atoms with Gasteiger partial charge in [0.2, 0.25) is 21.8 Å². The highest BCUT2D eigenvalue weighted by atomic mass is 35.5. The lowest BCUT2D eigenvalue weighted by Gasteiger charge is -2.32. The number of hydrogen-bond donors (Lipinski definition) is 1. The standard InChI is InChI=1S/C24H31ClFN3O5S/c1-6-16(2)27-24(31)17(3)28(14-18-8-7-9-20(12-18)34-4)23(30)15-29(35(5,32)33)19-10-11-22(26)21(25)13-19/h7-13,16-17H,6,14-15H2,1-5H3,(H,27,31)/t16-,17+/m1/s1. The number of carbonyl (C=O) groups excluding carboxylic acids is 2. The number of anilines is 1. The summed E-state index contributed by atoms with van der Waals surface area (Å²) in [5, 5.41) is 2.57. The zero-order valence-corrected chi connectivity index (χ0v) is 22.0. The number of halogens is 2. The molecule has 35 heavy (non-hydrogen) atoms. The lowest BCUT2D eigenvalue weighted by Crippen LogP contribution is -2.52. The van der Waals surface area contributed by atoms with Crippen molar-refractivity contribution < 1.29 is 27.1 Å². The van der Waals surface area contributed by atoms with E-state index in [1.165, 1.54) is 18.1 Å². The molecule has 0 bridgehead atoms. The van der Waals surface area contributed by atoms with E-state index in [-0.39, 0.29) is 29.2 Å². The summed E-state index contributed by atoms with van der Waals surface area (Å²) in [4.78, 5) is 27.7. The number of methoxy groups -OCH3 is 1. The highest BCUT2D eigenvalue weighted by Gasteiger charge is 2.30.